The van der Waals surface area contributed by atoms with Crippen molar-refractivity contribution in [3.63, 3.8) is 0 Å². The van der Waals surface area contributed by atoms with Crippen molar-refractivity contribution in [2.75, 3.05) is 24.8 Å². The summed E-state index contributed by atoms with van der Waals surface area (Å²) in [5.41, 5.74) is -0.778. The number of carbonyl (C=O) groups is 2. The lowest BCUT2D eigenvalue weighted by atomic mass is 10.5. The number of nitrogens with one attached hydrogen (secondary N) is 1. The predicted molar refractivity (Wildman–Crippen MR) is 70.6 cm³/mol. The number of carboxylic acids is 1. The third kappa shape index (κ3) is 5.71. The Hall–Kier alpha value is -2.07. The van der Waals surface area contributed by atoms with Crippen molar-refractivity contribution in [2.24, 2.45) is 0 Å². The van der Waals surface area contributed by atoms with Crippen LogP contribution in [0.1, 0.15) is 0 Å². The molecule has 0 aliphatic heterocycles. The number of carboxylic acid groups (broad SMARTS) is 1. The standard InChI is InChI=1S/C10H13N3O6S/c1-18-20-5-4-19-10(17)12-7-2-3-13(6-8(14)15)9(16)11-7/h2-3H,4-6H2,1H3,(H,14,15)(H,11,12,16,17). The lowest BCUT2D eigenvalue weighted by molar-refractivity contribution is -0.137. The Morgan fingerprint density at radius 3 is 2.90 bits per heavy atom. The van der Waals surface area contributed by atoms with Crippen LogP contribution >= 0.6 is 12.0 Å². The van der Waals surface area contributed by atoms with E-state index in [1.54, 1.807) is 0 Å². The van der Waals surface area contributed by atoms with Crippen molar-refractivity contribution >= 4 is 29.9 Å². The molecule has 2 N–H and O–H groups in total. The van der Waals surface area contributed by atoms with Gasteiger partial charge < -0.3 is 14.0 Å². The molecule has 0 saturated carbocycles. The zero-order valence-corrected chi connectivity index (χ0v) is 11.4. The highest BCUT2D eigenvalue weighted by Gasteiger charge is 2.07. The zero-order valence-electron chi connectivity index (χ0n) is 10.6. The maximum atomic E-state index is 11.4. The van der Waals surface area contributed by atoms with Gasteiger partial charge in [-0.15, -0.1) is 0 Å². The lowest BCUT2D eigenvalue weighted by Gasteiger charge is -2.06. The first-order valence-corrected chi connectivity index (χ1v) is 6.32. The van der Waals surface area contributed by atoms with Crippen LogP contribution in [-0.2, 0) is 20.3 Å². The van der Waals surface area contributed by atoms with Crippen molar-refractivity contribution in [1.82, 2.24) is 9.55 Å². The molecule has 0 fully saturated rings. The first-order valence-electron chi connectivity index (χ1n) is 5.41. The van der Waals surface area contributed by atoms with Crippen LogP contribution in [0.4, 0.5) is 10.6 Å². The van der Waals surface area contributed by atoms with E-state index in [1.165, 1.54) is 19.4 Å². The molecule has 0 spiro atoms. The van der Waals surface area contributed by atoms with Gasteiger partial charge in [0.2, 0.25) is 0 Å². The molecule has 20 heavy (non-hydrogen) atoms. The molecule has 1 rings (SSSR count). The van der Waals surface area contributed by atoms with Crippen LogP contribution in [0.25, 0.3) is 0 Å². The molecule has 10 heteroatoms. The van der Waals surface area contributed by atoms with Crippen molar-refractivity contribution in [3.8, 4) is 0 Å². The maximum absolute atomic E-state index is 11.4. The van der Waals surface area contributed by atoms with Crippen molar-refractivity contribution in [3.05, 3.63) is 22.7 Å². The summed E-state index contributed by atoms with van der Waals surface area (Å²) in [6.45, 7) is -0.356. The molecule has 110 valence electrons. The SMILES string of the molecule is COSCCOC(=O)Nc1ccn(CC(=O)O)c(=O)n1. The monoisotopic (exact) mass is 303 g/mol. The number of nitrogens with zero attached hydrogens (tertiary/aromatic N) is 2. The second-order valence-corrected chi connectivity index (χ2v) is 4.34. The van der Waals surface area contributed by atoms with E-state index in [1.807, 2.05) is 0 Å². The summed E-state index contributed by atoms with van der Waals surface area (Å²) in [6.07, 6.45) is 0.462. The average molecular weight is 303 g/mol. The van der Waals surface area contributed by atoms with Crippen molar-refractivity contribution in [1.29, 1.82) is 0 Å². The van der Waals surface area contributed by atoms with Gasteiger partial charge in [0.25, 0.3) is 0 Å². The third-order valence-corrected chi connectivity index (χ3v) is 2.50. The highest BCUT2D eigenvalue weighted by Crippen LogP contribution is 2.01. The molecule has 0 atom stereocenters. The van der Waals surface area contributed by atoms with E-state index in [0.717, 1.165) is 16.6 Å². The summed E-state index contributed by atoms with van der Waals surface area (Å²) in [5, 5.41) is 10.8. The molecule has 0 aromatic carbocycles. The number of rotatable bonds is 7. The van der Waals surface area contributed by atoms with E-state index in [0.29, 0.717) is 5.75 Å². The highest BCUT2D eigenvalue weighted by atomic mass is 32.2. The number of hydrogen-bond donors (Lipinski definition) is 2. The first kappa shape index (κ1) is 16.0. The Bertz CT molecular complexity index is 532. The Balaban J connectivity index is 2.52. The van der Waals surface area contributed by atoms with Gasteiger partial charge in [-0.2, -0.15) is 4.98 Å². The fourth-order valence-corrected chi connectivity index (χ4v) is 1.47. The molecule has 0 aliphatic carbocycles. The molecule has 0 unspecified atom stereocenters. The smallest absolute Gasteiger partial charge is 0.412 e. The van der Waals surface area contributed by atoms with Gasteiger partial charge in [0.15, 0.2) is 0 Å². The highest BCUT2D eigenvalue weighted by molar-refractivity contribution is 7.94. The van der Waals surface area contributed by atoms with Gasteiger partial charge in [-0.05, 0) is 18.1 Å². The van der Waals surface area contributed by atoms with Crippen LogP contribution in [0.15, 0.2) is 17.1 Å². The minimum Gasteiger partial charge on any atom is -0.480 e. The Kier molecular flexibility index (Phi) is 6.53. The Morgan fingerprint density at radius 1 is 1.55 bits per heavy atom. The van der Waals surface area contributed by atoms with Gasteiger partial charge >= 0.3 is 17.8 Å². The summed E-state index contributed by atoms with van der Waals surface area (Å²) >= 11 is 1.14. The molecule has 1 amide bonds. The second kappa shape index (κ2) is 8.17. The molecular formula is C10H13N3O6S. The van der Waals surface area contributed by atoms with E-state index >= 15 is 0 Å². The quantitative estimate of drug-likeness (QED) is 0.540. The van der Waals surface area contributed by atoms with E-state index in [9.17, 15) is 14.4 Å². The minimum atomic E-state index is -1.16. The molecular weight excluding hydrogens is 290 g/mol. The van der Waals surface area contributed by atoms with Crippen LogP contribution in [0.3, 0.4) is 0 Å². The zero-order chi connectivity index (χ0) is 15.0. The number of carbonyl (C=O) groups excluding carboxylic acids is 1. The average Bonchev–Trinajstić information content (AvgIpc) is 2.37. The predicted octanol–water partition coefficient (Wildman–Crippen LogP) is 0.171. The fraction of sp³-hybridized carbons (Fsp3) is 0.400. The van der Waals surface area contributed by atoms with Crippen molar-refractivity contribution < 1.29 is 23.6 Å². The second-order valence-electron chi connectivity index (χ2n) is 3.37. The molecule has 9 nitrogen and oxygen atoms in total. The molecule has 0 saturated heterocycles. The normalized spacial score (nSPS) is 10.1. The number of hydrogen-bond acceptors (Lipinski definition) is 7. The van der Waals surface area contributed by atoms with Gasteiger partial charge in [-0.1, -0.05) is 0 Å². The van der Waals surface area contributed by atoms with Crippen LogP contribution < -0.4 is 11.0 Å². The molecule has 1 aromatic rings. The number of ether oxygens (including phenoxy) is 1. The molecule has 1 heterocycles. The maximum Gasteiger partial charge on any atom is 0.412 e. The summed E-state index contributed by atoms with van der Waals surface area (Å²) in [6, 6.07) is 1.30. The Labute approximate surface area is 118 Å². The van der Waals surface area contributed by atoms with Gasteiger partial charge in [0.1, 0.15) is 19.0 Å². The van der Waals surface area contributed by atoms with Crippen LogP contribution in [0.2, 0.25) is 0 Å². The van der Waals surface area contributed by atoms with Crippen LogP contribution in [0.5, 0.6) is 0 Å². The van der Waals surface area contributed by atoms with Crippen molar-refractivity contribution in [2.45, 2.75) is 6.54 Å². The third-order valence-electron chi connectivity index (χ3n) is 1.93. The summed E-state index contributed by atoms with van der Waals surface area (Å²) < 4.78 is 10.4. The fourth-order valence-electron chi connectivity index (χ4n) is 1.16. The topological polar surface area (TPSA) is 120 Å². The Morgan fingerprint density at radius 2 is 2.30 bits per heavy atom. The van der Waals surface area contributed by atoms with E-state index in [4.69, 9.17) is 14.0 Å². The number of aliphatic carboxylic acids is 1. The lowest BCUT2D eigenvalue weighted by Crippen LogP contribution is -2.27. The summed E-state index contributed by atoms with van der Waals surface area (Å²) in [5.74, 6) is -0.705. The van der Waals surface area contributed by atoms with Crippen LogP contribution in [-0.4, -0.2) is 46.2 Å². The summed E-state index contributed by atoms with van der Waals surface area (Å²) in [7, 11) is 1.50. The van der Waals surface area contributed by atoms with Gasteiger partial charge in [0.05, 0.1) is 12.9 Å². The summed E-state index contributed by atoms with van der Waals surface area (Å²) in [4.78, 5) is 36.7. The first-order chi connectivity index (χ1) is 9.52. The van der Waals surface area contributed by atoms with Gasteiger partial charge in [0, 0.05) is 6.20 Å². The largest absolute Gasteiger partial charge is 0.480 e. The van der Waals surface area contributed by atoms with Crippen LogP contribution in [0, 0.1) is 0 Å². The van der Waals surface area contributed by atoms with Gasteiger partial charge in [-0.25, -0.2) is 9.59 Å². The van der Waals surface area contributed by atoms with E-state index in [2.05, 4.69) is 10.3 Å². The van der Waals surface area contributed by atoms with Gasteiger partial charge in [-0.3, -0.25) is 14.7 Å². The molecule has 0 aliphatic rings. The molecule has 0 radical (unpaired) electrons. The number of amides is 1. The minimum absolute atomic E-state index is 0.0129. The number of anilines is 1. The van der Waals surface area contributed by atoms with E-state index in [-0.39, 0.29) is 12.4 Å². The molecule has 0 bridgehead atoms. The molecule has 1 aromatic heterocycles. The van der Waals surface area contributed by atoms with E-state index < -0.39 is 24.3 Å². The number of aromatic nitrogens is 2.